The molecule has 98 valence electrons. The van der Waals surface area contributed by atoms with Crippen LogP contribution in [0.5, 0.6) is 0 Å². The number of hydrogen-bond donors (Lipinski definition) is 3. The molecule has 0 atom stereocenters. The van der Waals surface area contributed by atoms with Crippen molar-refractivity contribution in [3.8, 4) is 11.4 Å². The lowest BCUT2D eigenvalue weighted by molar-refractivity contribution is 0.195. The van der Waals surface area contributed by atoms with E-state index in [2.05, 4.69) is 15.1 Å². The number of aryl methyl sites for hydroxylation is 2. The van der Waals surface area contributed by atoms with E-state index in [1.54, 1.807) is 0 Å². The lowest BCUT2D eigenvalue weighted by Gasteiger charge is -1.97. The summed E-state index contributed by atoms with van der Waals surface area (Å²) in [4.78, 5) is 17.8. The minimum absolute atomic E-state index is 0.602. The van der Waals surface area contributed by atoms with Crippen LogP contribution < -0.4 is 5.43 Å². The van der Waals surface area contributed by atoms with Crippen LogP contribution >= 0.6 is 0 Å². The SMILES string of the molecule is Cc1cccc(-c2nc(C=NNC(=O)O)c(C)[nH]2)c1. The van der Waals surface area contributed by atoms with Gasteiger partial charge in [-0.25, -0.2) is 15.2 Å². The zero-order valence-corrected chi connectivity index (χ0v) is 10.6. The van der Waals surface area contributed by atoms with E-state index in [-0.39, 0.29) is 0 Å². The van der Waals surface area contributed by atoms with Gasteiger partial charge in [0, 0.05) is 11.3 Å². The highest BCUT2D eigenvalue weighted by Crippen LogP contribution is 2.18. The van der Waals surface area contributed by atoms with Crippen molar-refractivity contribution in [1.29, 1.82) is 0 Å². The van der Waals surface area contributed by atoms with Crippen LogP contribution in [0.1, 0.15) is 17.0 Å². The number of benzene rings is 1. The average Bonchev–Trinajstić information content (AvgIpc) is 2.71. The number of hydrogen-bond acceptors (Lipinski definition) is 3. The molecule has 0 aliphatic carbocycles. The van der Waals surface area contributed by atoms with Gasteiger partial charge in [0.2, 0.25) is 0 Å². The molecule has 0 aliphatic heterocycles. The van der Waals surface area contributed by atoms with E-state index in [4.69, 9.17) is 5.11 Å². The molecule has 0 aliphatic rings. The molecule has 0 bridgehead atoms. The zero-order chi connectivity index (χ0) is 13.8. The van der Waals surface area contributed by atoms with Crippen LogP contribution in [-0.4, -0.2) is 27.4 Å². The van der Waals surface area contributed by atoms with E-state index in [9.17, 15) is 4.79 Å². The molecule has 19 heavy (non-hydrogen) atoms. The van der Waals surface area contributed by atoms with Gasteiger partial charge in [-0.1, -0.05) is 23.8 Å². The second-order valence-electron chi connectivity index (χ2n) is 4.14. The fraction of sp³-hybridized carbons (Fsp3) is 0.154. The summed E-state index contributed by atoms with van der Waals surface area (Å²) in [6, 6.07) is 7.96. The summed E-state index contributed by atoms with van der Waals surface area (Å²) in [6.07, 6.45) is 0.169. The van der Waals surface area contributed by atoms with Crippen LogP contribution in [0.4, 0.5) is 4.79 Å². The van der Waals surface area contributed by atoms with Crippen LogP contribution in [0.2, 0.25) is 0 Å². The normalized spacial score (nSPS) is 10.8. The van der Waals surface area contributed by atoms with E-state index in [0.29, 0.717) is 5.69 Å². The minimum atomic E-state index is -1.21. The lowest BCUT2D eigenvalue weighted by atomic mass is 10.1. The third-order valence-electron chi connectivity index (χ3n) is 2.56. The number of aromatic nitrogens is 2. The lowest BCUT2D eigenvalue weighted by Crippen LogP contribution is -2.13. The highest BCUT2D eigenvalue weighted by Gasteiger charge is 2.07. The number of imidazole rings is 1. The highest BCUT2D eigenvalue weighted by molar-refractivity contribution is 5.81. The van der Waals surface area contributed by atoms with Crippen molar-refractivity contribution >= 4 is 12.3 Å². The summed E-state index contributed by atoms with van der Waals surface area (Å²) in [5.74, 6) is 0.734. The molecule has 6 heteroatoms. The quantitative estimate of drug-likeness (QED) is 0.582. The predicted molar refractivity (Wildman–Crippen MR) is 72.3 cm³/mol. The van der Waals surface area contributed by atoms with E-state index < -0.39 is 6.09 Å². The summed E-state index contributed by atoms with van der Waals surface area (Å²) in [6.45, 7) is 3.87. The van der Waals surface area contributed by atoms with E-state index in [1.165, 1.54) is 6.21 Å². The molecule has 1 aromatic carbocycles. The first-order valence-electron chi connectivity index (χ1n) is 5.72. The van der Waals surface area contributed by atoms with Gasteiger partial charge in [0.25, 0.3) is 0 Å². The van der Waals surface area contributed by atoms with Crippen LogP contribution in [0.25, 0.3) is 11.4 Å². The Hall–Kier alpha value is -2.63. The van der Waals surface area contributed by atoms with Crippen LogP contribution in [-0.2, 0) is 0 Å². The number of rotatable bonds is 3. The third-order valence-corrected chi connectivity index (χ3v) is 2.56. The zero-order valence-electron chi connectivity index (χ0n) is 10.6. The Bertz CT molecular complexity index is 631. The molecule has 2 aromatic rings. The number of amides is 1. The van der Waals surface area contributed by atoms with Crippen molar-refractivity contribution in [2.75, 3.05) is 0 Å². The van der Waals surface area contributed by atoms with Gasteiger partial charge in [-0.2, -0.15) is 5.10 Å². The monoisotopic (exact) mass is 258 g/mol. The highest BCUT2D eigenvalue weighted by atomic mass is 16.4. The van der Waals surface area contributed by atoms with Gasteiger partial charge in [0.1, 0.15) is 11.5 Å². The maximum Gasteiger partial charge on any atom is 0.425 e. The number of carboxylic acid groups (broad SMARTS) is 1. The summed E-state index contributed by atoms with van der Waals surface area (Å²) in [5, 5.41) is 12.0. The van der Waals surface area contributed by atoms with Gasteiger partial charge >= 0.3 is 6.09 Å². The predicted octanol–water partition coefficient (Wildman–Crippen LogP) is 2.30. The fourth-order valence-electron chi connectivity index (χ4n) is 1.68. The van der Waals surface area contributed by atoms with Crippen molar-refractivity contribution in [1.82, 2.24) is 15.4 Å². The third kappa shape index (κ3) is 3.19. The molecule has 3 N–H and O–H groups in total. The molecular weight excluding hydrogens is 244 g/mol. The van der Waals surface area contributed by atoms with Gasteiger partial charge in [-0.3, -0.25) is 0 Å². The van der Waals surface area contributed by atoms with E-state index in [0.717, 1.165) is 22.6 Å². The van der Waals surface area contributed by atoms with Crippen LogP contribution in [0.15, 0.2) is 29.4 Å². The summed E-state index contributed by atoms with van der Waals surface area (Å²) in [7, 11) is 0. The van der Waals surface area contributed by atoms with Gasteiger partial charge < -0.3 is 10.1 Å². The Kier molecular flexibility index (Phi) is 3.61. The largest absolute Gasteiger partial charge is 0.464 e. The van der Waals surface area contributed by atoms with Crippen molar-refractivity contribution in [2.45, 2.75) is 13.8 Å². The maximum absolute atomic E-state index is 10.3. The fourth-order valence-corrected chi connectivity index (χ4v) is 1.68. The Morgan fingerprint density at radius 3 is 2.95 bits per heavy atom. The van der Waals surface area contributed by atoms with E-state index in [1.807, 2.05) is 43.5 Å². The Balaban J connectivity index is 2.26. The molecule has 0 spiro atoms. The van der Waals surface area contributed by atoms with Crippen LogP contribution in [0.3, 0.4) is 0 Å². The molecule has 6 nitrogen and oxygen atoms in total. The average molecular weight is 258 g/mol. The van der Waals surface area contributed by atoms with Gasteiger partial charge in [-0.05, 0) is 19.9 Å². The first kappa shape index (κ1) is 12.8. The summed E-state index contributed by atoms with van der Waals surface area (Å²) in [5.41, 5.74) is 5.47. The van der Waals surface area contributed by atoms with Crippen molar-refractivity contribution < 1.29 is 9.90 Å². The van der Waals surface area contributed by atoms with E-state index >= 15 is 0 Å². The topological polar surface area (TPSA) is 90.4 Å². The Morgan fingerprint density at radius 2 is 2.26 bits per heavy atom. The molecule has 1 heterocycles. The van der Waals surface area contributed by atoms with Crippen LogP contribution in [0, 0.1) is 13.8 Å². The molecule has 0 unspecified atom stereocenters. The number of nitrogens with one attached hydrogen (secondary N) is 2. The first-order valence-corrected chi connectivity index (χ1v) is 5.72. The molecule has 1 amide bonds. The standard InChI is InChI=1S/C13H14N4O2/c1-8-4-3-5-10(6-8)12-15-9(2)11(16-12)7-14-17-13(18)19/h3-7,17H,1-2H3,(H,15,16)(H,18,19). The van der Waals surface area contributed by atoms with Crippen molar-refractivity contribution in [3.63, 3.8) is 0 Å². The van der Waals surface area contributed by atoms with Gasteiger partial charge in [0.15, 0.2) is 0 Å². The second kappa shape index (κ2) is 5.34. The number of H-pyrrole nitrogens is 1. The molecule has 0 fully saturated rings. The Morgan fingerprint density at radius 1 is 1.47 bits per heavy atom. The Labute approximate surface area is 110 Å². The summed E-state index contributed by atoms with van der Waals surface area (Å²) >= 11 is 0. The second-order valence-corrected chi connectivity index (χ2v) is 4.14. The number of carbonyl (C=O) groups is 1. The smallest absolute Gasteiger partial charge is 0.425 e. The maximum atomic E-state index is 10.3. The number of aromatic amines is 1. The van der Waals surface area contributed by atoms with Gasteiger partial charge in [-0.15, -0.1) is 0 Å². The molecule has 1 aromatic heterocycles. The molecule has 2 rings (SSSR count). The summed E-state index contributed by atoms with van der Waals surface area (Å²) < 4.78 is 0. The van der Waals surface area contributed by atoms with Crippen molar-refractivity contribution in [2.24, 2.45) is 5.10 Å². The minimum Gasteiger partial charge on any atom is -0.464 e. The first-order chi connectivity index (χ1) is 9.06. The molecule has 0 saturated carbocycles. The number of hydrazone groups is 1. The van der Waals surface area contributed by atoms with Gasteiger partial charge in [0.05, 0.1) is 6.21 Å². The number of nitrogens with zero attached hydrogens (tertiary/aromatic N) is 2. The molecule has 0 saturated heterocycles. The molecular formula is C13H14N4O2. The molecule has 0 radical (unpaired) electrons. The van der Waals surface area contributed by atoms with Crippen molar-refractivity contribution in [3.05, 3.63) is 41.2 Å².